The number of nitrogens with zero attached hydrogens (tertiary/aromatic N) is 3. The van der Waals surface area contributed by atoms with Crippen LogP contribution >= 0.6 is 0 Å². The first-order chi connectivity index (χ1) is 12.2. The highest BCUT2D eigenvalue weighted by Crippen LogP contribution is 2.36. The van der Waals surface area contributed by atoms with Gasteiger partial charge in [0.1, 0.15) is 6.10 Å². The number of hydrogen-bond acceptors (Lipinski definition) is 5. The molecule has 0 amide bonds. The van der Waals surface area contributed by atoms with E-state index >= 15 is 0 Å². The second kappa shape index (κ2) is 7.10. The molecule has 2 aliphatic heterocycles. The van der Waals surface area contributed by atoms with Crippen molar-refractivity contribution in [2.24, 2.45) is 0 Å². The Kier molecular flexibility index (Phi) is 4.68. The molecule has 0 unspecified atom stereocenters. The molecule has 0 aliphatic carbocycles. The van der Waals surface area contributed by atoms with Crippen LogP contribution in [0, 0.1) is 6.92 Å². The van der Waals surface area contributed by atoms with Gasteiger partial charge in [0.15, 0.2) is 0 Å². The number of aromatic nitrogens is 2. The molecule has 0 bridgehead atoms. The highest BCUT2D eigenvalue weighted by Gasteiger charge is 2.44. The molecule has 0 radical (unpaired) electrons. The lowest BCUT2D eigenvalue weighted by Crippen LogP contribution is -2.47. The third-order valence-corrected chi connectivity index (χ3v) is 5.05. The first-order valence-corrected chi connectivity index (χ1v) is 9.07. The van der Waals surface area contributed by atoms with Gasteiger partial charge in [-0.05, 0) is 44.5 Å². The maximum Gasteiger partial charge on any atom is 0.213 e. The van der Waals surface area contributed by atoms with Crippen molar-refractivity contribution < 1.29 is 9.47 Å². The van der Waals surface area contributed by atoms with Gasteiger partial charge >= 0.3 is 0 Å². The first-order valence-electron chi connectivity index (χ1n) is 9.07. The van der Waals surface area contributed by atoms with Crippen LogP contribution in [0.1, 0.15) is 30.7 Å². The average molecular weight is 339 g/mol. The minimum atomic E-state index is -0.0818. The Morgan fingerprint density at radius 1 is 1.28 bits per heavy atom. The molecular weight excluding hydrogens is 314 g/mol. The highest BCUT2D eigenvalue weighted by atomic mass is 16.6. The fourth-order valence-corrected chi connectivity index (χ4v) is 3.99. The Morgan fingerprint density at radius 2 is 2.24 bits per heavy atom. The van der Waals surface area contributed by atoms with E-state index in [1.165, 1.54) is 0 Å². The van der Waals surface area contributed by atoms with Gasteiger partial charge in [-0.2, -0.15) is 0 Å². The molecule has 25 heavy (non-hydrogen) atoms. The standard InChI is InChI=1S/C20H25N3O2/c1-16-6-4-7-17(22-16)13-23-11-5-9-20(15-23)12-18(14-24-20)25-19-8-2-3-10-21-19/h2-4,6-8,10,18H,5,9,11-15H2,1H3/t18-,20-/m0/s1. The zero-order chi connectivity index (χ0) is 17.1. The molecular formula is C20H25N3O2. The van der Waals surface area contributed by atoms with Crippen LogP contribution in [0.5, 0.6) is 5.88 Å². The van der Waals surface area contributed by atoms with Gasteiger partial charge in [-0.1, -0.05) is 12.1 Å². The van der Waals surface area contributed by atoms with Crippen molar-refractivity contribution in [3.05, 3.63) is 54.0 Å². The van der Waals surface area contributed by atoms with Gasteiger partial charge in [0.05, 0.1) is 17.9 Å². The summed E-state index contributed by atoms with van der Waals surface area (Å²) in [5.41, 5.74) is 2.13. The van der Waals surface area contributed by atoms with E-state index in [1.54, 1.807) is 6.20 Å². The molecule has 1 spiro atoms. The van der Waals surface area contributed by atoms with Crippen molar-refractivity contribution >= 4 is 0 Å². The topological polar surface area (TPSA) is 47.5 Å². The van der Waals surface area contributed by atoms with Gasteiger partial charge in [0, 0.05) is 37.5 Å². The van der Waals surface area contributed by atoms with E-state index in [2.05, 4.69) is 27.0 Å². The molecule has 0 saturated carbocycles. The number of rotatable bonds is 4. The van der Waals surface area contributed by atoms with E-state index in [-0.39, 0.29) is 11.7 Å². The Morgan fingerprint density at radius 3 is 3.08 bits per heavy atom. The summed E-state index contributed by atoms with van der Waals surface area (Å²) in [4.78, 5) is 11.4. The molecule has 2 aliphatic rings. The highest BCUT2D eigenvalue weighted by molar-refractivity contribution is 5.12. The van der Waals surface area contributed by atoms with Crippen LogP contribution in [0.4, 0.5) is 0 Å². The molecule has 2 fully saturated rings. The van der Waals surface area contributed by atoms with E-state index < -0.39 is 0 Å². The lowest BCUT2D eigenvalue weighted by molar-refractivity contribution is -0.0540. The number of pyridine rings is 2. The van der Waals surface area contributed by atoms with Crippen LogP contribution < -0.4 is 4.74 Å². The Hall–Kier alpha value is -1.98. The summed E-state index contributed by atoms with van der Waals surface area (Å²) in [5, 5.41) is 0. The fraction of sp³-hybridized carbons (Fsp3) is 0.500. The summed E-state index contributed by atoms with van der Waals surface area (Å²) in [7, 11) is 0. The minimum absolute atomic E-state index is 0.0818. The molecule has 0 aromatic carbocycles. The monoisotopic (exact) mass is 339 g/mol. The lowest BCUT2D eigenvalue weighted by Gasteiger charge is -2.39. The van der Waals surface area contributed by atoms with Gasteiger partial charge in [-0.15, -0.1) is 0 Å². The number of ether oxygens (including phenoxy) is 2. The quantitative estimate of drug-likeness (QED) is 0.857. The Balaban J connectivity index is 1.37. The van der Waals surface area contributed by atoms with Crippen molar-refractivity contribution in [1.29, 1.82) is 0 Å². The molecule has 5 nitrogen and oxygen atoms in total. The van der Waals surface area contributed by atoms with E-state index in [9.17, 15) is 0 Å². The maximum atomic E-state index is 6.24. The van der Waals surface area contributed by atoms with Crippen molar-refractivity contribution in [2.75, 3.05) is 19.7 Å². The van der Waals surface area contributed by atoms with E-state index in [0.29, 0.717) is 12.5 Å². The summed E-state index contributed by atoms with van der Waals surface area (Å²) in [5.74, 6) is 0.685. The van der Waals surface area contributed by atoms with Gasteiger partial charge < -0.3 is 9.47 Å². The summed E-state index contributed by atoms with van der Waals surface area (Å²) in [6.07, 6.45) is 5.04. The van der Waals surface area contributed by atoms with E-state index in [4.69, 9.17) is 9.47 Å². The molecule has 2 atom stereocenters. The third kappa shape index (κ3) is 3.99. The second-order valence-corrected chi connectivity index (χ2v) is 7.19. The molecule has 5 heteroatoms. The second-order valence-electron chi connectivity index (χ2n) is 7.19. The Labute approximate surface area is 149 Å². The number of hydrogen-bond donors (Lipinski definition) is 0. The van der Waals surface area contributed by atoms with Gasteiger partial charge in [0.25, 0.3) is 0 Å². The number of piperidine rings is 1. The van der Waals surface area contributed by atoms with Crippen molar-refractivity contribution in [1.82, 2.24) is 14.9 Å². The van der Waals surface area contributed by atoms with Crippen molar-refractivity contribution in [3.63, 3.8) is 0 Å². The van der Waals surface area contributed by atoms with Crippen LogP contribution in [-0.4, -0.2) is 46.3 Å². The zero-order valence-electron chi connectivity index (χ0n) is 14.7. The average Bonchev–Trinajstić information content (AvgIpc) is 2.97. The van der Waals surface area contributed by atoms with E-state index in [0.717, 1.165) is 50.3 Å². The largest absolute Gasteiger partial charge is 0.472 e. The molecule has 2 aromatic rings. The summed E-state index contributed by atoms with van der Waals surface area (Å²) < 4.78 is 12.2. The van der Waals surface area contributed by atoms with Gasteiger partial charge in [0.2, 0.25) is 5.88 Å². The zero-order valence-corrected chi connectivity index (χ0v) is 14.7. The van der Waals surface area contributed by atoms with Crippen LogP contribution in [0.3, 0.4) is 0 Å². The fourth-order valence-electron chi connectivity index (χ4n) is 3.99. The molecule has 132 valence electrons. The maximum absolute atomic E-state index is 6.24. The summed E-state index contributed by atoms with van der Waals surface area (Å²) >= 11 is 0. The van der Waals surface area contributed by atoms with E-state index in [1.807, 2.05) is 31.2 Å². The summed E-state index contributed by atoms with van der Waals surface area (Å²) in [6, 6.07) is 12.0. The van der Waals surface area contributed by atoms with Crippen LogP contribution in [0.25, 0.3) is 0 Å². The first kappa shape index (κ1) is 16.5. The molecule has 2 aromatic heterocycles. The molecule has 2 saturated heterocycles. The molecule has 0 N–H and O–H groups in total. The number of likely N-dealkylation sites (tertiary alicyclic amines) is 1. The number of aryl methyl sites for hydroxylation is 1. The SMILES string of the molecule is Cc1cccc(CN2CCC[C@]3(C[C@H](Oc4ccccn4)CO3)C2)n1. The van der Waals surface area contributed by atoms with Crippen LogP contribution in [0.15, 0.2) is 42.6 Å². The molecule has 4 heterocycles. The van der Waals surface area contributed by atoms with Crippen molar-refractivity contribution in [2.45, 2.75) is 44.4 Å². The normalized spacial score (nSPS) is 26.8. The lowest BCUT2D eigenvalue weighted by atomic mass is 9.89. The third-order valence-electron chi connectivity index (χ3n) is 5.05. The predicted molar refractivity (Wildman–Crippen MR) is 95.4 cm³/mol. The van der Waals surface area contributed by atoms with Crippen LogP contribution in [-0.2, 0) is 11.3 Å². The summed E-state index contributed by atoms with van der Waals surface area (Å²) in [6.45, 7) is 5.63. The Bertz CT molecular complexity index is 709. The van der Waals surface area contributed by atoms with Gasteiger partial charge in [-0.3, -0.25) is 9.88 Å². The molecule has 4 rings (SSSR count). The minimum Gasteiger partial charge on any atom is -0.472 e. The smallest absolute Gasteiger partial charge is 0.213 e. The van der Waals surface area contributed by atoms with Crippen LogP contribution in [0.2, 0.25) is 0 Å². The van der Waals surface area contributed by atoms with Gasteiger partial charge in [-0.25, -0.2) is 4.98 Å². The van der Waals surface area contributed by atoms with Crippen molar-refractivity contribution in [3.8, 4) is 5.88 Å². The predicted octanol–water partition coefficient (Wildman–Crippen LogP) is 2.99.